The van der Waals surface area contributed by atoms with E-state index in [1.54, 1.807) is 56.3 Å². The summed E-state index contributed by atoms with van der Waals surface area (Å²) in [5.74, 6) is -1.52. The number of hydrogen-bond acceptors (Lipinski definition) is 7. The van der Waals surface area contributed by atoms with Crippen LogP contribution in [0.1, 0.15) is 38.3 Å². The van der Waals surface area contributed by atoms with Crippen molar-refractivity contribution in [1.29, 1.82) is 0 Å². The highest BCUT2D eigenvalue weighted by atomic mass is 32.2. The van der Waals surface area contributed by atoms with Gasteiger partial charge in [0.1, 0.15) is 5.75 Å². The van der Waals surface area contributed by atoms with Crippen molar-refractivity contribution in [1.82, 2.24) is 0 Å². The third kappa shape index (κ3) is 5.25. The molecule has 0 amide bonds. The molecule has 0 radical (unpaired) electrons. The van der Waals surface area contributed by atoms with Crippen molar-refractivity contribution >= 4 is 43.9 Å². The quantitative estimate of drug-likeness (QED) is 0.121. The molecule has 1 aromatic heterocycles. The van der Waals surface area contributed by atoms with Crippen LogP contribution < -0.4 is 14.0 Å². The molecule has 0 aliphatic rings. The predicted octanol–water partition coefficient (Wildman–Crippen LogP) is 3.76. The molecule has 4 rings (SSSR count). The Balaban J connectivity index is 1.92. The van der Waals surface area contributed by atoms with E-state index >= 15 is 0 Å². The number of pyridine rings is 1. The van der Waals surface area contributed by atoms with Gasteiger partial charge in [-0.3, -0.25) is 0 Å². The standard InChI is InChI=1S/C27H25NO8S/c1-16-14-18(26(29)30)15-17(2)25(16)36-27(31)23-19-8-4-5-10-21(19)28(12-7-13-37(32,33)34)24-20(23)9-6-11-22(24)35-3/h4-6,8-11,14-15H,7,12-13H2,1-3H3,(H-,29,30,32,33,34). The number of carbonyl (C=O) groups is 2. The van der Waals surface area contributed by atoms with E-state index in [9.17, 15) is 27.7 Å². The van der Waals surface area contributed by atoms with Crippen LogP contribution in [0.5, 0.6) is 11.5 Å². The van der Waals surface area contributed by atoms with E-state index < -0.39 is 27.8 Å². The van der Waals surface area contributed by atoms with Gasteiger partial charge in [0, 0.05) is 18.2 Å². The number of carboxylic acids is 1. The Bertz CT molecular complexity index is 1640. The highest BCUT2D eigenvalue weighted by molar-refractivity contribution is 7.85. The van der Waals surface area contributed by atoms with Gasteiger partial charge in [0.15, 0.2) is 12.3 Å². The zero-order valence-electron chi connectivity index (χ0n) is 20.5. The molecule has 0 spiro atoms. The molecule has 0 aliphatic heterocycles. The van der Waals surface area contributed by atoms with E-state index in [2.05, 4.69) is 0 Å². The van der Waals surface area contributed by atoms with E-state index in [1.807, 2.05) is 4.57 Å². The Labute approximate surface area is 213 Å². The van der Waals surface area contributed by atoms with Crippen LogP contribution in [0.4, 0.5) is 0 Å². The number of carbonyl (C=O) groups excluding carboxylic acids is 1. The Morgan fingerprint density at radius 1 is 1.00 bits per heavy atom. The van der Waals surface area contributed by atoms with Crippen molar-refractivity contribution in [3.63, 3.8) is 0 Å². The largest absolute Gasteiger partial charge is 0.748 e. The number of methoxy groups -OCH3 is 1. The van der Waals surface area contributed by atoms with Crippen LogP contribution in [0.15, 0.2) is 54.6 Å². The van der Waals surface area contributed by atoms with Crippen LogP contribution in [-0.4, -0.2) is 42.9 Å². The van der Waals surface area contributed by atoms with E-state index in [1.165, 1.54) is 19.2 Å². The fourth-order valence-electron chi connectivity index (χ4n) is 4.58. The molecule has 9 nitrogen and oxygen atoms in total. The highest BCUT2D eigenvalue weighted by Crippen LogP contribution is 2.33. The Morgan fingerprint density at radius 2 is 1.65 bits per heavy atom. The van der Waals surface area contributed by atoms with Gasteiger partial charge in [0.25, 0.3) is 5.52 Å². The zero-order valence-corrected chi connectivity index (χ0v) is 21.3. The Morgan fingerprint density at radius 3 is 2.27 bits per heavy atom. The molecule has 4 aromatic rings. The summed E-state index contributed by atoms with van der Waals surface area (Å²) in [6.07, 6.45) is 0.0752. The number of hydrogen-bond donors (Lipinski definition) is 1. The molecule has 1 heterocycles. The summed E-state index contributed by atoms with van der Waals surface area (Å²) in [6.45, 7) is 3.54. The Hall–Kier alpha value is -4.02. The van der Waals surface area contributed by atoms with Gasteiger partial charge in [-0.15, -0.1) is 0 Å². The van der Waals surface area contributed by atoms with Crippen LogP contribution in [0.2, 0.25) is 0 Å². The van der Waals surface area contributed by atoms with Gasteiger partial charge in [-0.2, -0.15) is 4.57 Å². The normalized spacial score (nSPS) is 11.6. The number of aromatic carboxylic acids is 1. The van der Waals surface area contributed by atoms with Gasteiger partial charge in [-0.05, 0) is 55.3 Å². The fourth-order valence-corrected chi connectivity index (χ4v) is 5.07. The minimum absolute atomic E-state index is 0.0752. The molecule has 0 unspecified atom stereocenters. The summed E-state index contributed by atoms with van der Waals surface area (Å²) in [4.78, 5) is 25.1. The van der Waals surface area contributed by atoms with E-state index in [4.69, 9.17) is 9.47 Å². The third-order valence-electron chi connectivity index (χ3n) is 6.10. The van der Waals surface area contributed by atoms with Crippen LogP contribution in [-0.2, 0) is 16.7 Å². The smallest absolute Gasteiger partial charge is 0.345 e. The summed E-state index contributed by atoms with van der Waals surface area (Å²) in [7, 11) is -2.90. The second-order valence-electron chi connectivity index (χ2n) is 8.65. The van der Waals surface area contributed by atoms with Crippen molar-refractivity contribution in [3.8, 4) is 11.5 Å². The number of fused-ring (bicyclic) bond motifs is 2. The lowest BCUT2D eigenvalue weighted by Crippen LogP contribution is -2.38. The van der Waals surface area contributed by atoms with E-state index in [0.29, 0.717) is 38.7 Å². The number of benzene rings is 3. The van der Waals surface area contributed by atoms with E-state index in [0.717, 1.165) is 0 Å². The minimum atomic E-state index is -4.39. The highest BCUT2D eigenvalue weighted by Gasteiger charge is 2.28. The Kier molecular flexibility index (Phi) is 7.15. The topological polar surface area (TPSA) is 134 Å². The lowest BCUT2D eigenvalue weighted by Gasteiger charge is -2.15. The molecule has 0 fully saturated rings. The average Bonchev–Trinajstić information content (AvgIpc) is 2.84. The molecule has 1 N–H and O–H groups in total. The predicted molar refractivity (Wildman–Crippen MR) is 135 cm³/mol. The SMILES string of the molecule is COc1cccc2c(C(=O)Oc3c(C)cc(C(=O)O)cc3C)c3ccccc3[n+](CCCS(=O)(=O)[O-])c12. The lowest BCUT2D eigenvalue weighted by molar-refractivity contribution is -0.645. The molecule has 0 saturated heterocycles. The number of rotatable bonds is 8. The maximum Gasteiger partial charge on any atom is 0.345 e. The maximum atomic E-state index is 13.7. The third-order valence-corrected chi connectivity index (χ3v) is 6.89. The van der Waals surface area contributed by atoms with Crippen molar-refractivity contribution < 1.29 is 41.7 Å². The zero-order chi connectivity index (χ0) is 26.9. The number of para-hydroxylation sites is 2. The second kappa shape index (κ2) is 10.2. The van der Waals surface area contributed by atoms with Gasteiger partial charge >= 0.3 is 11.9 Å². The average molecular weight is 524 g/mol. The van der Waals surface area contributed by atoms with Crippen molar-refractivity contribution in [2.75, 3.05) is 12.9 Å². The molecule has 192 valence electrons. The summed E-state index contributed by atoms with van der Waals surface area (Å²) in [5.41, 5.74) is 2.55. The minimum Gasteiger partial charge on any atom is -0.748 e. The van der Waals surface area contributed by atoms with E-state index in [-0.39, 0.29) is 29.8 Å². The van der Waals surface area contributed by atoms with Crippen molar-refractivity contribution in [2.24, 2.45) is 0 Å². The van der Waals surface area contributed by atoms with Gasteiger partial charge < -0.3 is 19.1 Å². The number of aromatic nitrogens is 1. The molecular formula is C27H25NO8S. The molecule has 0 atom stereocenters. The molecule has 3 aromatic carbocycles. The van der Waals surface area contributed by atoms with Gasteiger partial charge in [-0.25, -0.2) is 18.0 Å². The molecular weight excluding hydrogens is 498 g/mol. The van der Waals surface area contributed by atoms with Crippen LogP contribution in [0.3, 0.4) is 0 Å². The fraction of sp³-hybridized carbons (Fsp3) is 0.222. The summed E-state index contributed by atoms with van der Waals surface area (Å²) in [6, 6.07) is 15.2. The monoisotopic (exact) mass is 523 g/mol. The summed E-state index contributed by atoms with van der Waals surface area (Å²) >= 11 is 0. The van der Waals surface area contributed by atoms with Gasteiger partial charge in [0.2, 0.25) is 5.52 Å². The maximum absolute atomic E-state index is 13.7. The second-order valence-corrected chi connectivity index (χ2v) is 10.2. The number of ether oxygens (including phenoxy) is 2. The molecule has 0 saturated carbocycles. The van der Waals surface area contributed by atoms with Crippen molar-refractivity contribution in [3.05, 3.63) is 76.9 Å². The van der Waals surface area contributed by atoms with Crippen LogP contribution >= 0.6 is 0 Å². The number of carboxylic acid groups (broad SMARTS) is 1. The summed E-state index contributed by atoms with van der Waals surface area (Å²) in [5, 5.41) is 10.4. The number of esters is 1. The molecule has 10 heteroatoms. The molecule has 0 aliphatic carbocycles. The number of nitrogens with zero attached hydrogens (tertiary/aromatic N) is 1. The first-order valence-corrected chi connectivity index (χ1v) is 13.0. The van der Waals surface area contributed by atoms with Crippen LogP contribution in [0, 0.1) is 13.8 Å². The first-order valence-electron chi connectivity index (χ1n) is 11.4. The van der Waals surface area contributed by atoms with Crippen LogP contribution in [0.25, 0.3) is 21.8 Å². The number of aryl methyl sites for hydroxylation is 3. The first-order chi connectivity index (χ1) is 17.5. The lowest BCUT2D eigenvalue weighted by atomic mass is 10.0. The van der Waals surface area contributed by atoms with Crippen molar-refractivity contribution in [2.45, 2.75) is 26.8 Å². The van der Waals surface area contributed by atoms with Gasteiger partial charge in [0.05, 0.1) is 39.1 Å². The van der Waals surface area contributed by atoms with Gasteiger partial charge in [-0.1, -0.05) is 18.2 Å². The molecule has 0 bridgehead atoms. The molecule has 37 heavy (non-hydrogen) atoms. The summed E-state index contributed by atoms with van der Waals surface area (Å²) < 4.78 is 46.9. The first kappa shape index (κ1) is 26.1.